The Labute approximate surface area is 246 Å². The van der Waals surface area contributed by atoms with Gasteiger partial charge in [0.2, 0.25) is 0 Å². The lowest BCUT2D eigenvalue weighted by Crippen LogP contribution is -2.31. The van der Waals surface area contributed by atoms with Gasteiger partial charge < -0.3 is 19.3 Å². The molecule has 0 radical (unpaired) electrons. The Morgan fingerprint density at radius 3 is 1.50 bits per heavy atom. The number of rotatable bonds is 12. The summed E-state index contributed by atoms with van der Waals surface area (Å²) in [6, 6.07) is 39.0. The summed E-state index contributed by atoms with van der Waals surface area (Å²) in [7, 11) is 8.21. The number of likely N-dealkylation sites (N-methyl/N-ethyl adjacent to an activating group) is 2. The van der Waals surface area contributed by atoms with Crippen molar-refractivity contribution >= 4 is 11.6 Å². The van der Waals surface area contributed by atoms with Crippen molar-refractivity contribution in [3.05, 3.63) is 143 Å². The van der Waals surface area contributed by atoms with Crippen LogP contribution in [0, 0.1) is 0 Å². The third kappa shape index (κ3) is 9.88. The summed E-state index contributed by atoms with van der Waals surface area (Å²) >= 11 is 6.01. The average molecular weight is 559 g/mol. The minimum absolute atomic E-state index is 0.0161. The number of ether oxygens (including phenoxy) is 2. The van der Waals surface area contributed by atoms with Crippen molar-refractivity contribution in [2.45, 2.75) is 18.6 Å². The van der Waals surface area contributed by atoms with Gasteiger partial charge in [-0.2, -0.15) is 0 Å². The summed E-state index contributed by atoms with van der Waals surface area (Å²) in [5, 5.41) is 0.738. The number of nitrogens with zero attached hydrogens (tertiary/aromatic N) is 2. The zero-order valence-corrected chi connectivity index (χ0v) is 25.2. The normalized spacial score (nSPS) is 12.7. The Kier molecular flexibility index (Phi) is 12.9. The van der Waals surface area contributed by atoms with Gasteiger partial charge in [-0.15, -0.1) is 0 Å². The number of halogens is 1. The molecule has 0 aliphatic carbocycles. The smallest absolute Gasteiger partial charge is 0.115 e. The molecule has 0 heterocycles. The molecule has 0 saturated heterocycles. The standard InChI is InChI=1S/C18H22ClNO.C17H21NO/c1-18(21-14-13-20(2)3,15-7-5-4-6-8-15)16-9-11-17(19)12-10-16;1-18(2)13-14-19-17(15-9-5-3-6-10-15)16-11-7-4-8-12-16/h4-12H,13-14H2,1-3H3;3-12,17H,13-14H2,1-2H3. The van der Waals surface area contributed by atoms with E-state index in [9.17, 15) is 0 Å². The fourth-order valence-corrected chi connectivity index (χ4v) is 4.41. The van der Waals surface area contributed by atoms with E-state index in [0.717, 1.165) is 35.8 Å². The van der Waals surface area contributed by atoms with Crippen LogP contribution in [-0.4, -0.2) is 64.3 Å². The van der Waals surface area contributed by atoms with Crippen LogP contribution >= 0.6 is 11.6 Å². The van der Waals surface area contributed by atoms with E-state index in [0.29, 0.717) is 6.61 Å². The fourth-order valence-electron chi connectivity index (χ4n) is 4.28. The van der Waals surface area contributed by atoms with Crippen molar-refractivity contribution in [1.29, 1.82) is 0 Å². The third-order valence-electron chi connectivity index (χ3n) is 6.68. The first-order valence-corrected chi connectivity index (χ1v) is 14.1. The van der Waals surface area contributed by atoms with Gasteiger partial charge in [-0.25, -0.2) is 0 Å². The maximum absolute atomic E-state index is 6.27. The van der Waals surface area contributed by atoms with Crippen LogP contribution in [0.3, 0.4) is 0 Å². The summed E-state index contributed by atoms with van der Waals surface area (Å²) < 4.78 is 12.4. The second kappa shape index (κ2) is 16.3. The van der Waals surface area contributed by atoms with Crippen LogP contribution < -0.4 is 0 Å². The highest BCUT2D eigenvalue weighted by atomic mass is 35.5. The van der Waals surface area contributed by atoms with Crippen LogP contribution in [0.2, 0.25) is 5.02 Å². The maximum Gasteiger partial charge on any atom is 0.115 e. The molecule has 0 fully saturated rings. The lowest BCUT2D eigenvalue weighted by Gasteiger charge is -2.32. The molecule has 0 N–H and O–H groups in total. The molecular formula is C35H43ClN2O2. The highest BCUT2D eigenvalue weighted by Crippen LogP contribution is 2.34. The zero-order chi connectivity index (χ0) is 28.8. The first-order chi connectivity index (χ1) is 19.3. The molecule has 5 heteroatoms. The summed E-state index contributed by atoms with van der Waals surface area (Å²) in [6.45, 7) is 5.32. The van der Waals surface area contributed by atoms with Crippen LogP contribution in [0.4, 0.5) is 0 Å². The first-order valence-electron chi connectivity index (χ1n) is 13.8. The summed E-state index contributed by atoms with van der Waals surface area (Å²) in [5.41, 5.74) is 4.19. The molecule has 0 spiro atoms. The van der Waals surface area contributed by atoms with E-state index in [1.165, 1.54) is 11.1 Å². The Balaban J connectivity index is 0.000000222. The molecule has 0 aliphatic heterocycles. The van der Waals surface area contributed by atoms with Gasteiger partial charge in [-0.1, -0.05) is 115 Å². The average Bonchev–Trinajstić information content (AvgIpc) is 2.97. The van der Waals surface area contributed by atoms with Crippen molar-refractivity contribution in [2.75, 3.05) is 54.5 Å². The quantitative estimate of drug-likeness (QED) is 0.179. The highest BCUT2D eigenvalue weighted by Gasteiger charge is 2.29. The maximum atomic E-state index is 6.27. The van der Waals surface area contributed by atoms with Gasteiger partial charge in [-0.3, -0.25) is 0 Å². The lowest BCUT2D eigenvalue weighted by molar-refractivity contribution is -0.0101. The minimum atomic E-state index is -0.470. The van der Waals surface area contributed by atoms with E-state index in [1.54, 1.807) is 0 Å². The van der Waals surface area contributed by atoms with Gasteiger partial charge in [0.15, 0.2) is 0 Å². The van der Waals surface area contributed by atoms with E-state index in [2.05, 4.69) is 91.5 Å². The van der Waals surface area contributed by atoms with Gasteiger partial charge in [0.1, 0.15) is 11.7 Å². The van der Waals surface area contributed by atoms with Gasteiger partial charge >= 0.3 is 0 Å². The van der Waals surface area contributed by atoms with Crippen molar-refractivity contribution in [3.63, 3.8) is 0 Å². The summed E-state index contributed by atoms with van der Waals surface area (Å²) in [6.07, 6.45) is 0.0161. The predicted octanol–water partition coefficient (Wildman–Crippen LogP) is 7.54. The summed E-state index contributed by atoms with van der Waals surface area (Å²) in [5.74, 6) is 0. The molecule has 0 amide bonds. The van der Waals surface area contributed by atoms with Crippen molar-refractivity contribution in [1.82, 2.24) is 9.80 Å². The predicted molar refractivity (Wildman–Crippen MR) is 168 cm³/mol. The number of hydrogen-bond acceptors (Lipinski definition) is 4. The van der Waals surface area contributed by atoms with Crippen molar-refractivity contribution in [2.24, 2.45) is 0 Å². The van der Waals surface area contributed by atoms with Crippen LogP contribution in [-0.2, 0) is 15.1 Å². The molecule has 0 bridgehead atoms. The van der Waals surface area contributed by atoms with Crippen LogP contribution in [0.5, 0.6) is 0 Å². The Bertz CT molecular complexity index is 1180. The van der Waals surface area contributed by atoms with E-state index in [-0.39, 0.29) is 6.10 Å². The Morgan fingerprint density at radius 2 is 1.02 bits per heavy atom. The summed E-state index contributed by atoms with van der Waals surface area (Å²) in [4.78, 5) is 4.25. The van der Waals surface area contributed by atoms with E-state index < -0.39 is 5.60 Å². The van der Waals surface area contributed by atoms with Gasteiger partial charge in [0.05, 0.1) is 13.2 Å². The van der Waals surface area contributed by atoms with E-state index in [1.807, 2.05) is 68.7 Å². The molecule has 40 heavy (non-hydrogen) atoms. The van der Waals surface area contributed by atoms with E-state index in [4.69, 9.17) is 21.1 Å². The number of benzene rings is 4. The molecule has 4 aromatic carbocycles. The molecule has 1 unspecified atom stereocenters. The molecule has 0 saturated carbocycles. The van der Waals surface area contributed by atoms with Crippen LogP contribution in [0.15, 0.2) is 115 Å². The first kappa shape index (κ1) is 31.5. The zero-order valence-electron chi connectivity index (χ0n) is 24.5. The topological polar surface area (TPSA) is 24.9 Å². The second-order valence-electron chi connectivity index (χ2n) is 10.4. The molecule has 4 aromatic rings. The van der Waals surface area contributed by atoms with Crippen molar-refractivity contribution in [3.8, 4) is 0 Å². The van der Waals surface area contributed by atoms with E-state index >= 15 is 0 Å². The molecule has 0 aromatic heterocycles. The third-order valence-corrected chi connectivity index (χ3v) is 6.93. The lowest BCUT2D eigenvalue weighted by atomic mass is 9.88. The largest absolute Gasteiger partial charge is 0.367 e. The second-order valence-corrected chi connectivity index (χ2v) is 10.9. The SMILES string of the molecule is CN(C)CCOC(C)(c1ccccc1)c1ccc(Cl)cc1.CN(C)CCOC(c1ccccc1)c1ccccc1. The van der Waals surface area contributed by atoms with Crippen molar-refractivity contribution < 1.29 is 9.47 Å². The molecule has 0 aliphatic rings. The molecule has 4 nitrogen and oxygen atoms in total. The highest BCUT2D eigenvalue weighted by molar-refractivity contribution is 6.30. The Morgan fingerprint density at radius 1 is 0.600 bits per heavy atom. The fraction of sp³-hybridized carbons (Fsp3) is 0.314. The molecular weight excluding hydrogens is 516 g/mol. The molecule has 1 atom stereocenters. The molecule has 4 rings (SSSR count). The number of hydrogen-bond donors (Lipinski definition) is 0. The monoisotopic (exact) mass is 558 g/mol. The minimum Gasteiger partial charge on any atom is -0.367 e. The molecule has 212 valence electrons. The van der Waals surface area contributed by atoms with Gasteiger partial charge in [0.25, 0.3) is 0 Å². The van der Waals surface area contributed by atoms with Gasteiger partial charge in [0, 0.05) is 18.1 Å². The van der Waals surface area contributed by atoms with Crippen LogP contribution in [0.1, 0.15) is 35.3 Å². The Hall–Kier alpha value is -2.99. The van der Waals surface area contributed by atoms with Crippen LogP contribution in [0.25, 0.3) is 0 Å². The van der Waals surface area contributed by atoms with Gasteiger partial charge in [-0.05, 0) is 69.5 Å².